The molecular weight excluding hydrogens is 428 g/mol. The molecule has 1 aliphatic rings. The van der Waals surface area contributed by atoms with Crippen molar-refractivity contribution in [1.29, 1.82) is 0 Å². The number of carbonyl (C=O) groups excluding carboxylic acids is 3. The van der Waals surface area contributed by atoms with Crippen molar-refractivity contribution in [1.82, 2.24) is 4.90 Å². The second kappa shape index (κ2) is 10.9. The minimum atomic E-state index is -0.497. The standard InChI is InChI=1S/C24H26N2O5S/c1-4-11-31-19-10-9-17(13-20(19)30-5-2)14-21-23(28)26(24(29)32-21)15-22(27)25-18-8-6-7-16(3)12-18/h6-10,12-14H,4-5,11,15H2,1-3H3,(H,25,27). The summed E-state index contributed by atoms with van der Waals surface area (Å²) in [4.78, 5) is 38.7. The number of hydrogen-bond acceptors (Lipinski definition) is 6. The number of hydrogen-bond donors (Lipinski definition) is 1. The van der Waals surface area contributed by atoms with Crippen molar-refractivity contribution in [3.05, 3.63) is 58.5 Å². The maximum atomic E-state index is 12.8. The SMILES string of the molecule is CCCOc1ccc(C=C2SC(=O)N(CC(=O)Nc3cccc(C)c3)C2=O)cc1OCC. The molecule has 0 aliphatic carbocycles. The van der Waals surface area contributed by atoms with Crippen molar-refractivity contribution >= 4 is 40.6 Å². The van der Waals surface area contributed by atoms with Crippen LogP contribution >= 0.6 is 11.8 Å². The van der Waals surface area contributed by atoms with Crippen LogP contribution in [-0.4, -0.2) is 41.7 Å². The van der Waals surface area contributed by atoms with Gasteiger partial charge in [-0.05, 0) is 73.5 Å². The molecule has 0 radical (unpaired) electrons. The van der Waals surface area contributed by atoms with Gasteiger partial charge in [-0.3, -0.25) is 19.3 Å². The molecule has 3 rings (SSSR count). The lowest BCUT2D eigenvalue weighted by atomic mass is 10.2. The van der Waals surface area contributed by atoms with Crippen LogP contribution in [0.5, 0.6) is 11.5 Å². The Bertz CT molecular complexity index is 1050. The van der Waals surface area contributed by atoms with Crippen LogP contribution in [-0.2, 0) is 9.59 Å². The van der Waals surface area contributed by atoms with Crippen molar-refractivity contribution in [2.45, 2.75) is 27.2 Å². The average Bonchev–Trinajstić information content (AvgIpc) is 3.00. The molecule has 8 heteroatoms. The van der Waals surface area contributed by atoms with Crippen molar-refractivity contribution in [2.75, 3.05) is 25.1 Å². The third-order valence-electron chi connectivity index (χ3n) is 4.50. The first-order valence-electron chi connectivity index (χ1n) is 10.4. The van der Waals surface area contributed by atoms with Crippen molar-refractivity contribution in [3.8, 4) is 11.5 Å². The summed E-state index contributed by atoms with van der Waals surface area (Å²) in [6, 6.07) is 12.7. The topological polar surface area (TPSA) is 84.9 Å². The number of nitrogens with zero attached hydrogens (tertiary/aromatic N) is 1. The fraction of sp³-hybridized carbons (Fsp3) is 0.292. The van der Waals surface area contributed by atoms with Gasteiger partial charge in [-0.1, -0.05) is 25.1 Å². The zero-order chi connectivity index (χ0) is 23.1. The van der Waals surface area contributed by atoms with Gasteiger partial charge in [0.15, 0.2) is 11.5 Å². The van der Waals surface area contributed by atoms with E-state index in [1.807, 2.05) is 39.0 Å². The van der Waals surface area contributed by atoms with Gasteiger partial charge in [-0.2, -0.15) is 0 Å². The van der Waals surface area contributed by atoms with Crippen LogP contribution in [0.1, 0.15) is 31.4 Å². The van der Waals surface area contributed by atoms with Gasteiger partial charge < -0.3 is 14.8 Å². The lowest BCUT2D eigenvalue weighted by Gasteiger charge is -2.13. The van der Waals surface area contributed by atoms with Crippen molar-refractivity contribution in [3.63, 3.8) is 0 Å². The molecule has 3 amide bonds. The van der Waals surface area contributed by atoms with Gasteiger partial charge in [0.05, 0.1) is 18.1 Å². The molecule has 0 saturated carbocycles. The lowest BCUT2D eigenvalue weighted by Crippen LogP contribution is -2.36. The first kappa shape index (κ1) is 23.4. The van der Waals surface area contributed by atoms with E-state index in [9.17, 15) is 14.4 Å². The summed E-state index contributed by atoms with van der Waals surface area (Å²) in [5.41, 5.74) is 2.31. The highest BCUT2D eigenvalue weighted by atomic mass is 32.2. The summed E-state index contributed by atoms with van der Waals surface area (Å²) < 4.78 is 11.3. The molecule has 1 N–H and O–H groups in total. The molecule has 1 aliphatic heterocycles. The second-order valence-electron chi connectivity index (χ2n) is 7.17. The fourth-order valence-corrected chi connectivity index (χ4v) is 3.91. The largest absolute Gasteiger partial charge is 0.490 e. The number of aryl methyl sites for hydroxylation is 1. The molecule has 2 aromatic rings. The maximum absolute atomic E-state index is 12.8. The van der Waals surface area contributed by atoms with Gasteiger partial charge in [-0.25, -0.2) is 0 Å². The van der Waals surface area contributed by atoms with Crippen molar-refractivity contribution in [2.24, 2.45) is 0 Å². The van der Waals surface area contributed by atoms with Gasteiger partial charge in [0.2, 0.25) is 5.91 Å². The number of rotatable bonds is 9. The van der Waals surface area contributed by atoms with Crippen LogP contribution < -0.4 is 14.8 Å². The molecule has 168 valence electrons. The van der Waals surface area contributed by atoms with Gasteiger partial charge in [0.25, 0.3) is 11.1 Å². The molecule has 32 heavy (non-hydrogen) atoms. The van der Waals surface area contributed by atoms with Crippen LogP contribution in [0.25, 0.3) is 6.08 Å². The Hall–Kier alpha value is -3.26. The minimum absolute atomic E-state index is 0.253. The number of amides is 3. The number of ether oxygens (including phenoxy) is 2. The maximum Gasteiger partial charge on any atom is 0.294 e. The van der Waals surface area contributed by atoms with Crippen LogP contribution in [0.4, 0.5) is 10.5 Å². The Balaban J connectivity index is 1.72. The average molecular weight is 455 g/mol. The summed E-state index contributed by atoms with van der Waals surface area (Å²) in [5, 5.41) is 2.24. The Kier molecular flexibility index (Phi) is 7.94. The van der Waals surface area contributed by atoms with Gasteiger partial charge in [-0.15, -0.1) is 0 Å². The molecule has 1 fully saturated rings. The Morgan fingerprint density at radius 3 is 2.62 bits per heavy atom. The van der Waals surface area contributed by atoms with Gasteiger partial charge >= 0.3 is 0 Å². The zero-order valence-electron chi connectivity index (χ0n) is 18.3. The van der Waals surface area contributed by atoms with E-state index < -0.39 is 17.1 Å². The third-order valence-corrected chi connectivity index (χ3v) is 5.41. The predicted molar refractivity (Wildman–Crippen MR) is 126 cm³/mol. The summed E-state index contributed by atoms with van der Waals surface area (Å²) in [7, 11) is 0. The van der Waals surface area contributed by atoms with Crippen LogP contribution in [0.2, 0.25) is 0 Å². The van der Waals surface area contributed by atoms with Crippen LogP contribution in [0.3, 0.4) is 0 Å². The normalized spacial score (nSPS) is 14.7. The Morgan fingerprint density at radius 2 is 1.91 bits per heavy atom. The minimum Gasteiger partial charge on any atom is -0.490 e. The molecule has 0 aromatic heterocycles. The van der Waals surface area contributed by atoms with E-state index in [-0.39, 0.29) is 11.4 Å². The van der Waals surface area contributed by atoms with Crippen molar-refractivity contribution < 1.29 is 23.9 Å². The number of benzene rings is 2. The highest BCUT2D eigenvalue weighted by Crippen LogP contribution is 2.34. The van der Waals surface area contributed by atoms with E-state index in [4.69, 9.17) is 9.47 Å². The molecule has 0 bridgehead atoms. The molecule has 2 aromatic carbocycles. The summed E-state index contributed by atoms with van der Waals surface area (Å²) >= 11 is 0.811. The second-order valence-corrected chi connectivity index (χ2v) is 8.17. The molecule has 0 atom stereocenters. The quantitative estimate of drug-likeness (QED) is 0.545. The monoisotopic (exact) mass is 454 g/mol. The molecular formula is C24H26N2O5S. The number of carbonyl (C=O) groups is 3. The fourth-order valence-electron chi connectivity index (χ4n) is 3.07. The molecule has 1 saturated heterocycles. The number of imide groups is 1. The highest BCUT2D eigenvalue weighted by Gasteiger charge is 2.36. The van der Waals surface area contributed by atoms with E-state index in [0.717, 1.165) is 28.6 Å². The molecule has 1 heterocycles. The molecule has 0 spiro atoms. The summed E-state index contributed by atoms with van der Waals surface area (Å²) in [6.45, 7) is 6.51. The number of anilines is 1. The lowest BCUT2D eigenvalue weighted by molar-refractivity contribution is -0.127. The molecule has 0 unspecified atom stereocenters. The Labute approximate surface area is 191 Å². The predicted octanol–water partition coefficient (Wildman–Crippen LogP) is 4.86. The van der Waals surface area contributed by atoms with E-state index in [2.05, 4.69) is 5.32 Å². The van der Waals surface area contributed by atoms with E-state index in [1.54, 1.807) is 30.3 Å². The number of thioether (sulfide) groups is 1. The summed E-state index contributed by atoms with van der Waals surface area (Å²) in [5.74, 6) is 0.275. The van der Waals surface area contributed by atoms with E-state index >= 15 is 0 Å². The third kappa shape index (κ3) is 5.91. The smallest absolute Gasteiger partial charge is 0.294 e. The number of nitrogens with one attached hydrogen (secondary N) is 1. The van der Waals surface area contributed by atoms with Gasteiger partial charge in [0.1, 0.15) is 6.54 Å². The van der Waals surface area contributed by atoms with Crippen LogP contribution in [0.15, 0.2) is 47.4 Å². The van der Waals surface area contributed by atoms with Gasteiger partial charge in [0, 0.05) is 5.69 Å². The summed E-state index contributed by atoms with van der Waals surface area (Å²) in [6.07, 6.45) is 2.49. The first-order valence-corrected chi connectivity index (χ1v) is 11.2. The first-order chi connectivity index (χ1) is 15.4. The Morgan fingerprint density at radius 1 is 1.09 bits per heavy atom. The van der Waals surface area contributed by atoms with E-state index in [1.165, 1.54) is 0 Å². The van der Waals surface area contributed by atoms with Crippen LogP contribution in [0, 0.1) is 6.92 Å². The zero-order valence-corrected chi connectivity index (χ0v) is 19.2. The molecule has 7 nitrogen and oxygen atoms in total. The van der Waals surface area contributed by atoms with E-state index in [0.29, 0.717) is 36.0 Å². The highest BCUT2D eigenvalue weighted by molar-refractivity contribution is 8.18.